The van der Waals surface area contributed by atoms with Gasteiger partial charge in [0, 0.05) is 49.2 Å². The number of benzene rings is 3. The minimum Gasteiger partial charge on any atom is -0.444 e. The first-order valence-corrected chi connectivity index (χ1v) is 15.6. The molecule has 0 atom stereocenters. The van der Waals surface area contributed by atoms with E-state index in [-0.39, 0.29) is 18.3 Å². The van der Waals surface area contributed by atoms with Crippen molar-refractivity contribution in [1.82, 2.24) is 9.88 Å². The fourth-order valence-electron chi connectivity index (χ4n) is 5.27. The third kappa shape index (κ3) is 8.41. The quantitative estimate of drug-likeness (QED) is 0.220. The van der Waals surface area contributed by atoms with Gasteiger partial charge in [-0.15, -0.1) is 0 Å². The topological polar surface area (TPSA) is 101 Å². The molecule has 1 fully saturated rings. The van der Waals surface area contributed by atoms with Crippen LogP contribution in [0.15, 0.2) is 78.9 Å². The van der Waals surface area contributed by atoms with Gasteiger partial charge in [-0.1, -0.05) is 36.4 Å². The molecule has 5 rings (SSSR count). The molecule has 2 heterocycles. The van der Waals surface area contributed by atoms with Crippen molar-refractivity contribution in [3.8, 4) is 11.1 Å². The van der Waals surface area contributed by atoms with Gasteiger partial charge < -0.3 is 19.3 Å². The van der Waals surface area contributed by atoms with Crippen LogP contribution in [-0.4, -0.2) is 65.2 Å². The van der Waals surface area contributed by atoms with Crippen LogP contribution >= 0.6 is 0 Å². The number of carbonyl (C=O) groups excluding carboxylic acids is 3. The standard InChI is InChI=1S/C37H42N4O5/c1-36(2,3)45-34(43)39-31-15-12-26(25-10-8-7-9-11-25)22-29(31)24-32(42)28-13-16-30-27(23-28)14-17-33(38-30)40-18-20-41(21-19-40)35(44)46-37(4,5)6/h7-17,22-23H,18-21,24H2,1-6H3,(H,39,43). The van der Waals surface area contributed by atoms with Crippen LogP contribution in [0.1, 0.15) is 57.5 Å². The third-order valence-corrected chi connectivity index (χ3v) is 7.45. The zero-order chi connectivity index (χ0) is 33.1. The first-order chi connectivity index (χ1) is 21.7. The van der Waals surface area contributed by atoms with Gasteiger partial charge in [-0.05, 0) is 101 Å². The van der Waals surface area contributed by atoms with Crippen molar-refractivity contribution in [1.29, 1.82) is 0 Å². The van der Waals surface area contributed by atoms with E-state index in [1.165, 1.54) is 0 Å². The SMILES string of the molecule is CC(C)(C)OC(=O)Nc1ccc(-c2ccccc2)cc1CC(=O)c1ccc2nc(N3CCN(C(=O)OC(C)(C)C)CC3)ccc2c1. The second-order valence-electron chi connectivity index (χ2n) is 13.5. The molecule has 0 radical (unpaired) electrons. The van der Waals surface area contributed by atoms with Crippen LogP contribution in [0.25, 0.3) is 22.0 Å². The average molecular weight is 623 g/mol. The maximum atomic E-state index is 13.6. The largest absolute Gasteiger partial charge is 0.444 e. The summed E-state index contributed by atoms with van der Waals surface area (Å²) in [5.41, 5.74) is 3.33. The second kappa shape index (κ2) is 13.2. The molecule has 4 aromatic rings. The van der Waals surface area contributed by atoms with Gasteiger partial charge in [0.05, 0.1) is 5.52 Å². The van der Waals surface area contributed by atoms with Gasteiger partial charge in [0.25, 0.3) is 0 Å². The van der Waals surface area contributed by atoms with E-state index in [1.807, 2.05) is 93.6 Å². The smallest absolute Gasteiger partial charge is 0.412 e. The van der Waals surface area contributed by atoms with E-state index in [9.17, 15) is 14.4 Å². The Morgan fingerprint density at radius 3 is 2.13 bits per heavy atom. The van der Waals surface area contributed by atoms with Crippen LogP contribution in [0, 0.1) is 0 Å². The van der Waals surface area contributed by atoms with Gasteiger partial charge in [0.15, 0.2) is 5.78 Å². The summed E-state index contributed by atoms with van der Waals surface area (Å²) >= 11 is 0. The lowest BCUT2D eigenvalue weighted by Crippen LogP contribution is -2.50. The summed E-state index contributed by atoms with van der Waals surface area (Å²) in [4.78, 5) is 47.4. The Balaban J connectivity index is 1.32. The summed E-state index contributed by atoms with van der Waals surface area (Å²) in [5, 5.41) is 3.69. The Hall–Kier alpha value is -4.92. The van der Waals surface area contributed by atoms with Crippen molar-refractivity contribution in [3.63, 3.8) is 0 Å². The summed E-state index contributed by atoms with van der Waals surface area (Å²) < 4.78 is 11.0. The normalized spacial score (nSPS) is 13.8. The molecule has 9 heteroatoms. The van der Waals surface area contributed by atoms with Gasteiger partial charge in [-0.3, -0.25) is 10.1 Å². The highest BCUT2D eigenvalue weighted by atomic mass is 16.6. The minimum atomic E-state index is -0.655. The Morgan fingerprint density at radius 1 is 0.761 bits per heavy atom. The molecule has 1 saturated heterocycles. The fraction of sp³-hybridized carbons (Fsp3) is 0.351. The van der Waals surface area contributed by atoms with Crippen molar-refractivity contribution in [3.05, 3.63) is 90.0 Å². The van der Waals surface area contributed by atoms with E-state index in [1.54, 1.807) is 31.7 Å². The summed E-state index contributed by atoms with van der Waals surface area (Å²) in [5.74, 6) is 0.743. The molecule has 0 unspecified atom stereocenters. The van der Waals surface area contributed by atoms with E-state index in [0.717, 1.165) is 27.8 Å². The lowest BCUT2D eigenvalue weighted by Gasteiger charge is -2.36. The molecule has 0 saturated carbocycles. The molecular weight excluding hydrogens is 580 g/mol. The number of carbonyl (C=O) groups is 3. The number of hydrogen-bond acceptors (Lipinski definition) is 7. The number of piperazine rings is 1. The van der Waals surface area contributed by atoms with Crippen LogP contribution in [0.3, 0.4) is 0 Å². The lowest BCUT2D eigenvalue weighted by molar-refractivity contribution is 0.0240. The molecule has 0 spiro atoms. The average Bonchev–Trinajstić information content (AvgIpc) is 3.00. The molecule has 3 aromatic carbocycles. The summed E-state index contributed by atoms with van der Waals surface area (Å²) in [6.45, 7) is 13.4. The monoisotopic (exact) mass is 622 g/mol. The lowest BCUT2D eigenvalue weighted by atomic mass is 9.96. The highest BCUT2D eigenvalue weighted by molar-refractivity contribution is 6.02. The number of hydrogen-bond donors (Lipinski definition) is 1. The number of fused-ring (bicyclic) bond motifs is 1. The van der Waals surface area contributed by atoms with Crippen molar-refractivity contribution in [2.75, 3.05) is 36.4 Å². The molecule has 0 aliphatic carbocycles. The van der Waals surface area contributed by atoms with Crippen LogP contribution in [-0.2, 0) is 15.9 Å². The Labute approximate surface area is 270 Å². The van der Waals surface area contributed by atoms with Gasteiger partial charge in [0.2, 0.25) is 0 Å². The van der Waals surface area contributed by atoms with Gasteiger partial charge >= 0.3 is 12.2 Å². The number of amides is 2. The van der Waals surface area contributed by atoms with Crippen molar-refractivity contribution < 1.29 is 23.9 Å². The number of nitrogens with zero attached hydrogens (tertiary/aromatic N) is 3. The molecule has 0 bridgehead atoms. The number of ether oxygens (including phenoxy) is 2. The highest BCUT2D eigenvalue weighted by Gasteiger charge is 2.26. The highest BCUT2D eigenvalue weighted by Crippen LogP contribution is 2.28. The van der Waals surface area contributed by atoms with Gasteiger partial charge in [-0.25, -0.2) is 14.6 Å². The number of nitrogens with one attached hydrogen (secondary N) is 1. The first kappa shape index (κ1) is 32.5. The molecule has 1 aromatic heterocycles. The van der Waals surface area contributed by atoms with Crippen molar-refractivity contribution >= 4 is 40.4 Å². The van der Waals surface area contributed by atoms with Gasteiger partial charge in [-0.2, -0.15) is 0 Å². The molecule has 1 N–H and O–H groups in total. The molecule has 240 valence electrons. The summed E-state index contributed by atoms with van der Waals surface area (Å²) in [7, 11) is 0. The molecule has 1 aliphatic heterocycles. The minimum absolute atomic E-state index is 0.0818. The molecule has 9 nitrogen and oxygen atoms in total. The number of rotatable bonds is 6. The van der Waals surface area contributed by atoms with E-state index >= 15 is 0 Å². The molecule has 1 aliphatic rings. The van der Waals surface area contributed by atoms with Crippen LogP contribution in [0.5, 0.6) is 0 Å². The number of Topliss-reactive ketones (excluding diaryl/α,β-unsaturated/α-hetero) is 1. The van der Waals surface area contributed by atoms with Crippen LogP contribution < -0.4 is 10.2 Å². The van der Waals surface area contributed by atoms with Crippen molar-refractivity contribution in [2.24, 2.45) is 0 Å². The third-order valence-electron chi connectivity index (χ3n) is 7.45. The van der Waals surface area contributed by atoms with E-state index in [2.05, 4.69) is 10.2 Å². The Morgan fingerprint density at radius 2 is 1.46 bits per heavy atom. The van der Waals surface area contributed by atoms with Crippen molar-refractivity contribution in [2.45, 2.75) is 59.2 Å². The van der Waals surface area contributed by atoms with E-state index < -0.39 is 17.3 Å². The van der Waals surface area contributed by atoms with Crippen LogP contribution in [0.4, 0.5) is 21.1 Å². The summed E-state index contributed by atoms with van der Waals surface area (Å²) in [6, 6.07) is 25.0. The Bertz CT molecular complexity index is 1730. The predicted molar refractivity (Wildman–Crippen MR) is 182 cm³/mol. The maximum absolute atomic E-state index is 13.6. The predicted octanol–water partition coefficient (Wildman–Crippen LogP) is 7.73. The first-order valence-electron chi connectivity index (χ1n) is 15.6. The second-order valence-corrected chi connectivity index (χ2v) is 13.5. The zero-order valence-electron chi connectivity index (χ0n) is 27.4. The number of aromatic nitrogens is 1. The fourth-order valence-corrected chi connectivity index (χ4v) is 5.27. The number of anilines is 2. The van der Waals surface area contributed by atoms with Gasteiger partial charge in [0.1, 0.15) is 17.0 Å². The molecule has 2 amide bonds. The molecular formula is C37H42N4O5. The number of pyridine rings is 1. The molecule has 46 heavy (non-hydrogen) atoms. The zero-order valence-corrected chi connectivity index (χ0v) is 27.4. The summed E-state index contributed by atoms with van der Waals surface area (Å²) in [6.07, 6.45) is -0.784. The van der Waals surface area contributed by atoms with E-state index in [4.69, 9.17) is 14.5 Å². The maximum Gasteiger partial charge on any atom is 0.412 e. The number of ketones is 1. The van der Waals surface area contributed by atoms with E-state index in [0.29, 0.717) is 43.0 Å². The van der Waals surface area contributed by atoms with Crippen LogP contribution in [0.2, 0.25) is 0 Å². The Kier molecular flexibility index (Phi) is 9.32.